The van der Waals surface area contributed by atoms with Crippen molar-refractivity contribution in [1.82, 2.24) is 5.32 Å². The summed E-state index contributed by atoms with van der Waals surface area (Å²) in [5, 5.41) is 3.46. The van der Waals surface area contributed by atoms with Gasteiger partial charge < -0.3 is 11.1 Å². The van der Waals surface area contributed by atoms with Crippen LogP contribution in [-0.4, -0.2) is 6.54 Å². The van der Waals surface area contributed by atoms with Crippen molar-refractivity contribution >= 4 is 21.6 Å². The molecule has 1 aromatic rings. The highest BCUT2D eigenvalue weighted by Gasteiger charge is 2.06. The van der Waals surface area contributed by atoms with Gasteiger partial charge in [-0.05, 0) is 42.1 Å². The van der Waals surface area contributed by atoms with Crippen molar-refractivity contribution in [2.45, 2.75) is 27.3 Å². The lowest BCUT2D eigenvalue weighted by atomic mass is 9.98. The molecule has 3 N–H and O–H groups in total. The summed E-state index contributed by atoms with van der Waals surface area (Å²) in [6.45, 7) is 8.70. The van der Waals surface area contributed by atoms with E-state index >= 15 is 0 Å². The van der Waals surface area contributed by atoms with Crippen molar-refractivity contribution < 1.29 is 0 Å². The van der Waals surface area contributed by atoms with Crippen molar-refractivity contribution in [3.05, 3.63) is 28.2 Å². The van der Waals surface area contributed by atoms with Gasteiger partial charge in [0.15, 0.2) is 0 Å². The van der Waals surface area contributed by atoms with Gasteiger partial charge in [0.2, 0.25) is 0 Å². The van der Waals surface area contributed by atoms with Crippen LogP contribution in [0.15, 0.2) is 22.7 Å². The summed E-state index contributed by atoms with van der Waals surface area (Å²) in [4.78, 5) is 0. The summed E-state index contributed by atoms with van der Waals surface area (Å²) in [5.41, 5.74) is 7.81. The maximum absolute atomic E-state index is 5.78. The molecule has 0 saturated carbocycles. The van der Waals surface area contributed by atoms with Crippen LogP contribution in [0.25, 0.3) is 0 Å². The van der Waals surface area contributed by atoms with Gasteiger partial charge in [-0.25, -0.2) is 0 Å². The highest BCUT2D eigenvalue weighted by Crippen LogP contribution is 2.17. The molecule has 0 aromatic heterocycles. The SMILES string of the molecule is CC(C)C(C)CNCc1cc(N)cc(Br)c1. The molecule has 0 heterocycles. The fraction of sp³-hybridized carbons (Fsp3) is 0.538. The fourth-order valence-corrected chi connectivity index (χ4v) is 2.02. The van der Waals surface area contributed by atoms with E-state index in [0.29, 0.717) is 5.92 Å². The molecule has 3 heteroatoms. The minimum Gasteiger partial charge on any atom is -0.399 e. The molecular weight excluding hydrogens is 264 g/mol. The zero-order chi connectivity index (χ0) is 12.1. The molecule has 0 aliphatic carbocycles. The van der Waals surface area contributed by atoms with Crippen LogP contribution >= 0.6 is 15.9 Å². The quantitative estimate of drug-likeness (QED) is 0.814. The lowest BCUT2D eigenvalue weighted by molar-refractivity contribution is 0.392. The molecule has 1 rings (SSSR count). The summed E-state index contributed by atoms with van der Waals surface area (Å²) >= 11 is 3.45. The summed E-state index contributed by atoms with van der Waals surface area (Å²) in [5.74, 6) is 1.42. The Morgan fingerprint density at radius 1 is 1.25 bits per heavy atom. The van der Waals surface area contributed by atoms with E-state index in [1.54, 1.807) is 0 Å². The largest absolute Gasteiger partial charge is 0.399 e. The first kappa shape index (κ1) is 13.5. The molecule has 16 heavy (non-hydrogen) atoms. The molecule has 1 atom stereocenters. The van der Waals surface area contributed by atoms with E-state index in [1.807, 2.05) is 12.1 Å². The Hall–Kier alpha value is -0.540. The molecule has 0 saturated heterocycles. The van der Waals surface area contributed by atoms with E-state index in [9.17, 15) is 0 Å². The molecule has 0 spiro atoms. The molecular formula is C13H21BrN2. The van der Waals surface area contributed by atoms with Gasteiger partial charge >= 0.3 is 0 Å². The van der Waals surface area contributed by atoms with Crippen molar-refractivity contribution in [3.63, 3.8) is 0 Å². The van der Waals surface area contributed by atoms with Crippen LogP contribution in [0.5, 0.6) is 0 Å². The number of anilines is 1. The van der Waals surface area contributed by atoms with E-state index in [0.717, 1.165) is 29.2 Å². The Morgan fingerprint density at radius 2 is 1.94 bits per heavy atom. The third-order valence-electron chi connectivity index (χ3n) is 2.91. The monoisotopic (exact) mass is 284 g/mol. The van der Waals surface area contributed by atoms with Crippen LogP contribution in [0.3, 0.4) is 0 Å². The number of nitrogen functional groups attached to an aromatic ring is 1. The molecule has 1 unspecified atom stereocenters. The maximum Gasteiger partial charge on any atom is 0.0328 e. The Bertz CT molecular complexity index is 316. The third-order valence-corrected chi connectivity index (χ3v) is 3.37. The van der Waals surface area contributed by atoms with E-state index < -0.39 is 0 Å². The van der Waals surface area contributed by atoms with E-state index in [4.69, 9.17) is 5.73 Å². The highest BCUT2D eigenvalue weighted by atomic mass is 79.9. The first-order valence-corrected chi connectivity index (χ1v) is 6.54. The first-order valence-electron chi connectivity index (χ1n) is 5.74. The summed E-state index contributed by atoms with van der Waals surface area (Å²) in [6, 6.07) is 6.03. The molecule has 2 nitrogen and oxygen atoms in total. The molecule has 0 bridgehead atoms. The predicted molar refractivity (Wildman–Crippen MR) is 74.3 cm³/mol. The van der Waals surface area contributed by atoms with E-state index in [1.165, 1.54) is 5.56 Å². The summed E-state index contributed by atoms with van der Waals surface area (Å²) in [6.07, 6.45) is 0. The molecule has 0 amide bonds. The topological polar surface area (TPSA) is 38.0 Å². The van der Waals surface area contributed by atoms with E-state index in [-0.39, 0.29) is 0 Å². The van der Waals surface area contributed by atoms with Gasteiger partial charge in [-0.2, -0.15) is 0 Å². The van der Waals surface area contributed by atoms with Crippen LogP contribution in [0.4, 0.5) is 5.69 Å². The Balaban J connectivity index is 2.43. The molecule has 90 valence electrons. The summed E-state index contributed by atoms with van der Waals surface area (Å²) in [7, 11) is 0. The third kappa shape index (κ3) is 4.54. The lowest BCUT2D eigenvalue weighted by Gasteiger charge is -2.16. The normalized spacial score (nSPS) is 13.1. The van der Waals surface area contributed by atoms with Crippen LogP contribution in [0, 0.1) is 11.8 Å². The Kier molecular flexibility index (Phi) is 5.29. The minimum absolute atomic E-state index is 0.699. The van der Waals surface area contributed by atoms with Gasteiger partial charge in [-0.1, -0.05) is 36.7 Å². The van der Waals surface area contributed by atoms with Gasteiger partial charge in [0, 0.05) is 16.7 Å². The smallest absolute Gasteiger partial charge is 0.0328 e. The average molecular weight is 285 g/mol. The second kappa shape index (κ2) is 6.26. The predicted octanol–water partition coefficient (Wildman–Crippen LogP) is 3.41. The molecule has 0 aliphatic heterocycles. The van der Waals surface area contributed by atoms with Crippen molar-refractivity contribution in [2.75, 3.05) is 12.3 Å². The lowest BCUT2D eigenvalue weighted by Crippen LogP contribution is -2.23. The maximum atomic E-state index is 5.78. The number of hydrogen-bond acceptors (Lipinski definition) is 2. The van der Waals surface area contributed by atoms with Crippen LogP contribution in [-0.2, 0) is 6.54 Å². The second-order valence-electron chi connectivity index (χ2n) is 4.75. The number of hydrogen-bond donors (Lipinski definition) is 2. The molecule has 0 fully saturated rings. The standard InChI is InChI=1S/C13H21BrN2/c1-9(2)10(3)7-16-8-11-4-12(14)6-13(15)5-11/h4-6,9-10,16H,7-8,15H2,1-3H3. The highest BCUT2D eigenvalue weighted by molar-refractivity contribution is 9.10. The minimum atomic E-state index is 0.699. The van der Waals surface area contributed by atoms with Gasteiger partial charge in [0.05, 0.1) is 0 Å². The van der Waals surface area contributed by atoms with Crippen molar-refractivity contribution in [1.29, 1.82) is 0 Å². The number of rotatable bonds is 5. The number of nitrogens with one attached hydrogen (secondary N) is 1. The van der Waals surface area contributed by atoms with Gasteiger partial charge in [-0.3, -0.25) is 0 Å². The zero-order valence-electron chi connectivity index (χ0n) is 10.3. The van der Waals surface area contributed by atoms with Crippen molar-refractivity contribution in [3.8, 4) is 0 Å². The van der Waals surface area contributed by atoms with Crippen LogP contribution in [0.2, 0.25) is 0 Å². The van der Waals surface area contributed by atoms with Crippen LogP contribution in [0.1, 0.15) is 26.3 Å². The van der Waals surface area contributed by atoms with Gasteiger partial charge in [-0.15, -0.1) is 0 Å². The van der Waals surface area contributed by atoms with Crippen molar-refractivity contribution in [2.24, 2.45) is 11.8 Å². The first-order chi connectivity index (χ1) is 7.49. The molecule has 0 radical (unpaired) electrons. The molecule has 1 aromatic carbocycles. The zero-order valence-corrected chi connectivity index (χ0v) is 11.8. The number of benzene rings is 1. The Labute approximate surface area is 107 Å². The second-order valence-corrected chi connectivity index (χ2v) is 5.66. The number of nitrogens with two attached hydrogens (primary N) is 1. The average Bonchev–Trinajstić information content (AvgIpc) is 2.15. The van der Waals surface area contributed by atoms with Gasteiger partial charge in [0.1, 0.15) is 0 Å². The van der Waals surface area contributed by atoms with Crippen LogP contribution < -0.4 is 11.1 Å². The Morgan fingerprint density at radius 3 is 2.50 bits per heavy atom. The van der Waals surface area contributed by atoms with E-state index in [2.05, 4.69) is 48.1 Å². The number of halogens is 1. The molecule has 0 aliphatic rings. The fourth-order valence-electron chi connectivity index (χ4n) is 1.46. The summed E-state index contributed by atoms with van der Waals surface area (Å²) < 4.78 is 1.04. The van der Waals surface area contributed by atoms with Gasteiger partial charge in [0.25, 0.3) is 0 Å².